The van der Waals surface area contributed by atoms with Crippen LogP contribution in [0.2, 0.25) is 0 Å². The second-order valence-corrected chi connectivity index (χ2v) is 33.7. The first kappa shape index (κ1) is 82.1. The van der Waals surface area contributed by atoms with Gasteiger partial charge in [-0.25, -0.2) is 33.5 Å². The van der Waals surface area contributed by atoms with Crippen LogP contribution in [-0.4, -0.2) is 204 Å². The summed E-state index contributed by atoms with van der Waals surface area (Å²) in [6.07, 6.45) is 24.1. The zero-order chi connectivity index (χ0) is 79.9. The number of pyridine rings is 1. The van der Waals surface area contributed by atoms with Gasteiger partial charge in [0.05, 0.1) is 123 Å². The van der Waals surface area contributed by atoms with Crippen LogP contribution in [-0.2, 0) is 33.3 Å². The van der Waals surface area contributed by atoms with Crippen LogP contribution in [0.15, 0.2) is 79.9 Å². The van der Waals surface area contributed by atoms with E-state index in [1.54, 1.807) is 31.1 Å². The van der Waals surface area contributed by atoms with E-state index < -0.39 is 23.8 Å². The van der Waals surface area contributed by atoms with E-state index in [2.05, 4.69) is 76.5 Å². The van der Waals surface area contributed by atoms with Gasteiger partial charge in [0.1, 0.15) is 17.0 Å². The Morgan fingerprint density at radius 2 is 0.929 bits per heavy atom. The Hall–Kier alpha value is -8.88. The Labute approximate surface area is 657 Å². The summed E-state index contributed by atoms with van der Waals surface area (Å²) < 4.78 is 74.8. The Morgan fingerprint density at radius 1 is 0.531 bits per heavy atom. The predicted octanol–water partition coefficient (Wildman–Crippen LogP) is 13.5. The van der Waals surface area contributed by atoms with Gasteiger partial charge in [0.25, 0.3) is 0 Å². The van der Waals surface area contributed by atoms with Crippen molar-refractivity contribution >= 4 is 52.2 Å². The third-order valence-corrected chi connectivity index (χ3v) is 22.5. The molecule has 5 saturated carbocycles. The van der Waals surface area contributed by atoms with E-state index in [1.165, 1.54) is 0 Å². The molecule has 0 aromatic carbocycles. The van der Waals surface area contributed by atoms with E-state index in [4.69, 9.17) is 44.1 Å². The number of aliphatic hydroxyl groups excluding tert-OH is 3. The molecule has 113 heavy (non-hydrogen) atoms. The lowest BCUT2D eigenvalue weighted by Crippen LogP contribution is -2.36. The van der Waals surface area contributed by atoms with Crippen LogP contribution in [0.4, 0.5) is 36.8 Å². The number of esters is 2. The van der Waals surface area contributed by atoms with Crippen LogP contribution in [0, 0.1) is 11.8 Å². The first-order valence-electron chi connectivity index (χ1n) is 40.4. The number of ether oxygens (including phenoxy) is 5. The van der Waals surface area contributed by atoms with Crippen molar-refractivity contribution in [3.63, 3.8) is 0 Å². The van der Waals surface area contributed by atoms with Crippen LogP contribution in [0.5, 0.6) is 0 Å². The molecule has 6 atom stereocenters. The second kappa shape index (κ2) is 35.9. The van der Waals surface area contributed by atoms with E-state index in [1.807, 2.05) is 111 Å². The van der Waals surface area contributed by atoms with Gasteiger partial charge in [0, 0.05) is 127 Å². The number of anilines is 4. The highest BCUT2D eigenvalue weighted by atomic mass is 19.4. The van der Waals surface area contributed by atoms with Crippen molar-refractivity contribution < 1.29 is 61.8 Å². The van der Waals surface area contributed by atoms with Gasteiger partial charge in [-0.2, -0.15) is 23.4 Å². The number of nitrogens with one attached hydrogen (secondary N) is 3. The smallest absolute Gasteiger partial charge is 0.390 e. The molecule has 28 nitrogen and oxygen atoms in total. The Kier molecular flexibility index (Phi) is 26.1. The summed E-state index contributed by atoms with van der Waals surface area (Å²) in [6, 6.07) is 11.0. The average molecular weight is 1570 g/mol. The summed E-state index contributed by atoms with van der Waals surface area (Å²) in [5.74, 6) is 2.56. The normalized spacial score (nSPS) is 23.7. The molecule has 5 aliphatic carbocycles. The number of hydrogen-bond donors (Lipinski definition) is 6. The van der Waals surface area contributed by atoms with Crippen molar-refractivity contribution in [2.24, 2.45) is 11.8 Å². The monoisotopic (exact) mass is 1570 g/mol. The lowest BCUT2D eigenvalue weighted by atomic mass is 9.85. The van der Waals surface area contributed by atoms with Crippen molar-refractivity contribution in [1.29, 1.82) is 0 Å². The summed E-state index contributed by atoms with van der Waals surface area (Å²) in [7, 11) is 3.36. The quantitative estimate of drug-likeness (QED) is 0.0343. The van der Waals surface area contributed by atoms with Gasteiger partial charge in [-0.15, -0.1) is 15.3 Å². The molecular formula is C82H113F3N18O10. The maximum absolute atomic E-state index is 12.6. The number of nitrogens with zero attached hydrogens (tertiary/aromatic N) is 15. The van der Waals surface area contributed by atoms with Crippen molar-refractivity contribution in [2.45, 2.75) is 255 Å². The van der Waals surface area contributed by atoms with Crippen molar-refractivity contribution in [1.82, 2.24) is 68.3 Å². The molecule has 612 valence electrons. The molecule has 6 fully saturated rings. The fourth-order valence-corrected chi connectivity index (χ4v) is 16.8. The largest absolute Gasteiger partial charge is 0.460 e. The zero-order valence-electron chi connectivity index (χ0n) is 66.9. The number of carbonyl (C=O) groups is 2. The van der Waals surface area contributed by atoms with Crippen LogP contribution >= 0.6 is 0 Å². The number of aromatic nitrogens is 14. The number of halogens is 3. The van der Waals surface area contributed by atoms with Gasteiger partial charge in [-0.1, -0.05) is 0 Å². The molecule has 6 aliphatic rings. The maximum Gasteiger partial charge on any atom is 0.390 e. The summed E-state index contributed by atoms with van der Waals surface area (Å²) in [5, 5.41) is 63.3. The molecule has 1 saturated heterocycles. The van der Waals surface area contributed by atoms with Gasteiger partial charge in [0.15, 0.2) is 0 Å². The average Bonchev–Trinajstić information content (AvgIpc) is 1.62. The highest BCUT2D eigenvalue weighted by Gasteiger charge is 2.38. The first-order chi connectivity index (χ1) is 54.1. The Bertz CT molecular complexity index is 4450. The topological polar surface area (TPSA) is 319 Å². The van der Waals surface area contributed by atoms with Crippen molar-refractivity contribution in [3.05, 3.63) is 97.0 Å². The number of methoxy groups -OCH3 is 2. The summed E-state index contributed by atoms with van der Waals surface area (Å²) in [6.45, 7) is 19.2. The van der Waals surface area contributed by atoms with E-state index >= 15 is 0 Å². The fraction of sp³-hybridized carbons (Fsp3) is 0.622. The van der Waals surface area contributed by atoms with E-state index in [0.717, 1.165) is 189 Å². The molecule has 0 amide bonds. The van der Waals surface area contributed by atoms with Gasteiger partial charge < -0.3 is 59.9 Å². The third kappa shape index (κ3) is 20.8. The summed E-state index contributed by atoms with van der Waals surface area (Å²) in [5.41, 5.74) is 11.0. The van der Waals surface area contributed by atoms with Gasteiger partial charge in [-0.05, 0) is 207 Å². The Morgan fingerprint density at radius 3 is 1.33 bits per heavy atom. The zero-order valence-corrected chi connectivity index (χ0v) is 66.9. The van der Waals surface area contributed by atoms with Crippen LogP contribution in [0.25, 0.3) is 49.9 Å². The molecule has 0 spiro atoms. The lowest BCUT2D eigenvalue weighted by molar-refractivity contribution is -0.160. The molecule has 0 radical (unpaired) electrons. The summed E-state index contributed by atoms with van der Waals surface area (Å²) >= 11 is 0. The van der Waals surface area contributed by atoms with E-state index in [0.29, 0.717) is 63.0 Å². The molecule has 0 bridgehead atoms. The molecule has 31 heteroatoms. The number of morpholine rings is 1. The molecule has 6 N–H and O–H groups in total. The second-order valence-electron chi connectivity index (χ2n) is 33.7. The number of rotatable bonds is 22. The maximum atomic E-state index is 12.6. The number of hydrogen-bond acceptors (Lipinski definition) is 23. The molecule has 2 unspecified atom stereocenters. The Balaban J connectivity index is 0.000000148. The minimum Gasteiger partial charge on any atom is -0.460 e. The lowest BCUT2D eigenvalue weighted by Gasteiger charge is -2.28. The minimum atomic E-state index is -4.24. The minimum absolute atomic E-state index is 0.0740. The predicted molar refractivity (Wildman–Crippen MR) is 423 cm³/mol. The highest BCUT2D eigenvalue weighted by Crippen LogP contribution is 2.44. The molecule has 9 aromatic heterocycles. The van der Waals surface area contributed by atoms with Crippen LogP contribution in [0.1, 0.15) is 224 Å². The van der Waals surface area contributed by atoms with Crippen LogP contribution < -0.4 is 20.9 Å². The molecule has 1 aliphatic heterocycles. The van der Waals surface area contributed by atoms with Gasteiger partial charge in [-0.3, -0.25) is 19.0 Å². The van der Waals surface area contributed by atoms with E-state index in [9.17, 15) is 38.1 Å². The standard InChI is InChI=1S/2C29H42N6O4.C24H29F3N6O2/c2*1-18(17-38-5)32-28-30-15-26-24(13-25(35(26)33-28)19-7-10-23(36)11-8-19)21-14-31-34(16-21)22-9-6-20(12-22)27(37)39-29(2,3)4;25-24(26,27)6-8-29-23-30-15-21-19(14-20(33(21)31-23)16-1-3-18(34)4-2-16)17-5-7-28-22(13-17)32-9-11-35-12-10-32/h2*13-16,18-20,22-23,36H,6-12,17H2,1-5H3,(H,32,33);5,7,13-16,18,34H,1-4,6,8-12H2,(H,29,31)/t18-,19?,20?,22+,23?;18-,19?,20?,22-,23?;/m00./s1. The van der Waals surface area contributed by atoms with Crippen molar-refractivity contribution in [3.8, 4) is 33.4 Å². The SMILES string of the molecule is COC[C@H](C)Nc1ncc2c(-c3cnn([C@@H]4CCC(C(=O)OC(C)(C)C)C4)c3)cc(C3CCC(O)CC3)n2n1.COC[C@H](C)Nc1ncc2c(-c3cnn([C@H]4CCC(C(=O)OC(C)(C)C)C4)c3)cc(C3CCC(O)CC3)n2n1.OC1CCC(c2cc(-c3ccnc(N4CCOCC4)c3)c3cnc(NCCC(F)(F)F)nn23)CC1. The number of alkyl halides is 3. The molecular weight excluding hydrogens is 1450 g/mol. The molecule has 10 heterocycles. The fourth-order valence-electron chi connectivity index (χ4n) is 16.8. The first-order valence-corrected chi connectivity index (χ1v) is 40.4. The highest BCUT2D eigenvalue weighted by molar-refractivity contribution is 5.84. The van der Waals surface area contributed by atoms with Crippen LogP contribution in [0.3, 0.4) is 0 Å². The number of carbonyl (C=O) groups excluding carboxylic acids is 2. The van der Waals surface area contributed by atoms with Gasteiger partial charge >= 0.3 is 18.1 Å². The third-order valence-electron chi connectivity index (χ3n) is 22.5. The molecule has 9 aromatic rings. The summed E-state index contributed by atoms with van der Waals surface area (Å²) in [4.78, 5) is 45.5. The van der Waals surface area contributed by atoms with Gasteiger partial charge in [0.2, 0.25) is 17.8 Å². The number of fused-ring (bicyclic) bond motifs is 3. The van der Waals surface area contributed by atoms with E-state index in [-0.39, 0.29) is 84.7 Å². The molecule has 15 rings (SSSR count). The number of aliphatic hydroxyl groups is 3. The van der Waals surface area contributed by atoms with Crippen molar-refractivity contribution in [2.75, 3.05) is 81.1 Å².